The molecule has 0 unspecified atom stereocenters. The number of ether oxygens (including phenoxy) is 2. The highest BCUT2D eigenvalue weighted by Crippen LogP contribution is 2.38. The van der Waals surface area contributed by atoms with Gasteiger partial charge in [0.05, 0.1) is 11.6 Å². The van der Waals surface area contributed by atoms with Crippen molar-refractivity contribution < 1.29 is 14.3 Å². The third kappa shape index (κ3) is 5.09. The van der Waals surface area contributed by atoms with Gasteiger partial charge in [0.2, 0.25) is 5.12 Å². The first-order valence-electron chi connectivity index (χ1n) is 8.30. The number of hydrogen-bond acceptors (Lipinski definition) is 6. The van der Waals surface area contributed by atoms with Gasteiger partial charge in [-0.2, -0.15) is 0 Å². The van der Waals surface area contributed by atoms with Gasteiger partial charge in [0.15, 0.2) is 11.5 Å². The van der Waals surface area contributed by atoms with E-state index in [9.17, 15) is 4.79 Å². The van der Waals surface area contributed by atoms with Crippen LogP contribution in [0.2, 0.25) is 5.02 Å². The van der Waals surface area contributed by atoms with Gasteiger partial charge in [0, 0.05) is 0 Å². The Bertz CT molecular complexity index is 898. The van der Waals surface area contributed by atoms with Gasteiger partial charge < -0.3 is 9.47 Å². The molecular formula is C20H18ClNO3S2. The van der Waals surface area contributed by atoms with E-state index in [1.165, 1.54) is 11.8 Å². The van der Waals surface area contributed by atoms with E-state index < -0.39 is 0 Å². The van der Waals surface area contributed by atoms with Crippen molar-refractivity contribution in [1.82, 2.24) is 0 Å². The Balaban J connectivity index is 1.88. The monoisotopic (exact) mass is 419 g/mol. The Morgan fingerprint density at radius 2 is 2.00 bits per heavy atom. The molecule has 1 aliphatic rings. The van der Waals surface area contributed by atoms with Gasteiger partial charge in [-0.05, 0) is 54.3 Å². The van der Waals surface area contributed by atoms with E-state index in [4.69, 9.17) is 21.1 Å². The fourth-order valence-electron chi connectivity index (χ4n) is 2.44. The first kappa shape index (κ1) is 19.9. The van der Waals surface area contributed by atoms with Crippen molar-refractivity contribution in [3.63, 3.8) is 0 Å². The maximum Gasteiger partial charge on any atom is 0.244 e. The maximum absolute atomic E-state index is 12.0. The van der Waals surface area contributed by atoms with Crippen LogP contribution in [0.3, 0.4) is 0 Å². The summed E-state index contributed by atoms with van der Waals surface area (Å²) in [7, 11) is 0. The molecule has 140 valence electrons. The molecule has 0 atom stereocenters. The highest BCUT2D eigenvalue weighted by Gasteiger charge is 2.22. The molecule has 2 aromatic carbocycles. The molecule has 0 aliphatic carbocycles. The Labute approximate surface area is 172 Å². The fraction of sp³-hybridized carbons (Fsp3) is 0.200. The van der Waals surface area contributed by atoms with E-state index in [1.807, 2.05) is 49.6 Å². The molecule has 0 bridgehead atoms. The lowest BCUT2D eigenvalue weighted by molar-refractivity contribution is -0.107. The SMILES string of the molecule is CCOc1cc(/C=C2\N=C(SC)SC2=O)cc(Cl)c1OCc1ccccc1. The third-order valence-corrected chi connectivity index (χ3v) is 5.77. The normalized spacial score (nSPS) is 15.1. The number of thioether (sulfide) groups is 2. The third-order valence-electron chi connectivity index (χ3n) is 3.64. The Morgan fingerprint density at radius 1 is 1.22 bits per heavy atom. The summed E-state index contributed by atoms with van der Waals surface area (Å²) in [5, 5.41) is 0.355. The molecule has 0 N–H and O–H groups in total. The van der Waals surface area contributed by atoms with Crippen LogP contribution in [0, 0.1) is 0 Å². The van der Waals surface area contributed by atoms with Crippen LogP contribution in [-0.2, 0) is 11.4 Å². The minimum atomic E-state index is -0.0714. The molecule has 3 rings (SSSR count). The van der Waals surface area contributed by atoms with Gasteiger partial charge >= 0.3 is 0 Å². The van der Waals surface area contributed by atoms with E-state index >= 15 is 0 Å². The number of nitrogens with zero attached hydrogens (tertiary/aromatic N) is 1. The second-order valence-corrected chi connectivity index (χ2v) is 7.96. The number of carbonyl (C=O) groups excluding carboxylic acids is 1. The van der Waals surface area contributed by atoms with Crippen LogP contribution in [0.5, 0.6) is 11.5 Å². The van der Waals surface area contributed by atoms with E-state index in [-0.39, 0.29) is 5.12 Å². The van der Waals surface area contributed by atoms with Crippen LogP contribution in [-0.4, -0.2) is 22.4 Å². The Morgan fingerprint density at radius 3 is 2.67 bits per heavy atom. The molecule has 7 heteroatoms. The zero-order valence-corrected chi connectivity index (χ0v) is 17.3. The molecule has 0 spiro atoms. The van der Waals surface area contributed by atoms with Crippen LogP contribution >= 0.6 is 35.1 Å². The van der Waals surface area contributed by atoms with Gasteiger partial charge in [-0.25, -0.2) is 4.99 Å². The zero-order chi connectivity index (χ0) is 19.2. The largest absolute Gasteiger partial charge is 0.490 e. The standard InChI is InChI=1S/C20H18ClNO3S2/c1-3-24-17-11-14(10-16-19(23)27-20(22-16)26-2)9-15(21)18(17)25-12-13-7-5-4-6-8-13/h4-11H,3,12H2,1-2H3/b16-10-. The molecule has 0 amide bonds. The van der Waals surface area contributed by atoms with Crippen molar-refractivity contribution in [2.24, 2.45) is 4.99 Å². The molecule has 4 nitrogen and oxygen atoms in total. The number of aliphatic imine (C=N–C) groups is 1. The fourth-order valence-corrected chi connectivity index (χ4v) is 3.97. The van der Waals surface area contributed by atoms with Crippen LogP contribution in [0.15, 0.2) is 53.2 Å². The lowest BCUT2D eigenvalue weighted by atomic mass is 10.1. The molecule has 0 saturated carbocycles. The van der Waals surface area contributed by atoms with Crippen LogP contribution in [0.25, 0.3) is 6.08 Å². The molecule has 1 aliphatic heterocycles. The quantitative estimate of drug-likeness (QED) is 0.566. The predicted octanol–water partition coefficient (Wildman–Crippen LogP) is 5.65. The summed E-state index contributed by atoms with van der Waals surface area (Å²) in [5.74, 6) is 1.03. The van der Waals surface area contributed by atoms with E-state index in [0.29, 0.717) is 35.4 Å². The highest BCUT2D eigenvalue weighted by atomic mass is 35.5. The van der Waals surface area contributed by atoms with Gasteiger partial charge in [-0.15, -0.1) is 11.8 Å². The minimum absolute atomic E-state index is 0.0714. The lowest BCUT2D eigenvalue weighted by Crippen LogP contribution is -2.01. The number of carbonyl (C=O) groups is 1. The minimum Gasteiger partial charge on any atom is -0.490 e. The molecule has 2 aromatic rings. The number of hydrogen-bond donors (Lipinski definition) is 0. The lowest BCUT2D eigenvalue weighted by Gasteiger charge is -2.14. The number of benzene rings is 2. The highest BCUT2D eigenvalue weighted by molar-refractivity contribution is 8.45. The van der Waals surface area contributed by atoms with Gasteiger partial charge in [-0.3, -0.25) is 4.79 Å². The summed E-state index contributed by atoms with van der Waals surface area (Å²) in [4.78, 5) is 16.4. The molecule has 0 saturated heterocycles. The van der Waals surface area contributed by atoms with E-state index in [0.717, 1.165) is 27.3 Å². The summed E-state index contributed by atoms with van der Waals surface area (Å²) in [6.45, 7) is 2.76. The Hall–Kier alpha value is -1.89. The van der Waals surface area contributed by atoms with Crippen molar-refractivity contribution in [1.29, 1.82) is 0 Å². The summed E-state index contributed by atoms with van der Waals surface area (Å²) in [6, 6.07) is 13.4. The summed E-state index contributed by atoms with van der Waals surface area (Å²) >= 11 is 9.04. The van der Waals surface area contributed by atoms with E-state index in [1.54, 1.807) is 12.1 Å². The molecular weight excluding hydrogens is 402 g/mol. The van der Waals surface area contributed by atoms with Crippen molar-refractivity contribution in [3.8, 4) is 11.5 Å². The first-order valence-corrected chi connectivity index (χ1v) is 10.7. The summed E-state index contributed by atoms with van der Waals surface area (Å²) in [5.41, 5.74) is 2.18. The molecule has 0 fully saturated rings. The van der Waals surface area contributed by atoms with Crippen molar-refractivity contribution in [2.75, 3.05) is 12.9 Å². The maximum atomic E-state index is 12.0. The summed E-state index contributed by atoms with van der Waals surface area (Å²) < 4.78 is 12.4. The summed E-state index contributed by atoms with van der Waals surface area (Å²) in [6.07, 6.45) is 3.61. The first-order chi connectivity index (χ1) is 13.1. The molecule has 0 radical (unpaired) electrons. The van der Waals surface area contributed by atoms with Gasteiger partial charge in [0.1, 0.15) is 16.7 Å². The van der Waals surface area contributed by atoms with Gasteiger partial charge in [0.25, 0.3) is 0 Å². The van der Waals surface area contributed by atoms with E-state index in [2.05, 4.69) is 4.99 Å². The number of halogens is 1. The molecule has 0 aromatic heterocycles. The second kappa shape index (κ2) is 9.35. The van der Waals surface area contributed by atoms with Crippen molar-refractivity contribution in [2.45, 2.75) is 13.5 Å². The van der Waals surface area contributed by atoms with Crippen LogP contribution in [0.4, 0.5) is 0 Å². The van der Waals surface area contributed by atoms with Gasteiger partial charge in [-0.1, -0.05) is 41.9 Å². The second-order valence-electron chi connectivity index (χ2n) is 5.54. The average molecular weight is 420 g/mol. The van der Waals surface area contributed by atoms with Crippen molar-refractivity contribution in [3.05, 3.63) is 64.3 Å². The molecule has 1 heterocycles. The van der Waals surface area contributed by atoms with Crippen molar-refractivity contribution >= 4 is 50.7 Å². The number of rotatable bonds is 6. The topological polar surface area (TPSA) is 47.9 Å². The van der Waals surface area contributed by atoms with Crippen LogP contribution in [0.1, 0.15) is 18.1 Å². The average Bonchev–Trinajstić information content (AvgIpc) is 3.02. The smallest absolute Gasteiger partial charge is 0.244 e. The Kier molecular flexibility index (Phi) is 6.88. The van der Waals surface area contributed by atoms with Crippen LogP contribution < -0.4 is 9.47 Å². The predicted molar refractivity (Wildman–Crippen MR) is 115 cm³/mol. The molecule has 27 heavy (non-hydrogen) atoms. The zero-order valence-electron chi connectivity index (χ0n) is 14.9.